The van der Waals surface area contributed by atoms with Gasteiger partial charge in [-0.1, -0.05) is 34.6 Å². The zero-order valence-corrected chi connectivity index (χ0v) is 10.7. The quantitative estimate of drug-likeness (QED) is 0.654. The maximum Gasteiger partial charge on any atom is 0.289 e. The summed E-state index contributed by atoms with van der Waals surface area (Å²) < 4.78 is 5.61. The molecule has 0 saturated heterocycles. The molecule has 0 aromatic heterocycles. The lowest BCUT2D eigenvalue weighted by Gasteiger charge is -2.36. The summed E-state index contributed by atoms with van der Waals surface area (Å²) in [6.07, 6.45) is 0. The number of hydrogen-bond acceptors (Lipinski definition) is 2. The topological polar surface area (TPSA) is 26.3 Å². The molecule has 0 saturated carbocycles. The highest BCUT2D eigenvalue weighted by Gasteiger charge is 2.42. The van der Waals surface area contributed by atoms with Gasteiger partial charge in [-0.25, -0.2) is 0 Å². The van der Waals surface area contributed by atoms with Crippen LogP contribution >= 0.6 is 0 Å². The molecule has 0 amide bonds. The molecule has 0 aliphatic carbocycles. The van der Waals surface area contributed by atoms with Gasteiger partial charge >= 0.3 is 0 Å². The second-order valence-electron chi connectivity index (χ2n) is 4.21. The number of rotatable bonds is 4. The molecule has 0 spiro atoms. The van der Waals surface area contributed by atoms with Crippen LogP contribution in [0.4, 0.5) is 0 Å². The summed E-state index contributed by atoms with van der Waals surface area (Å²) in [4.78, 5) is 11.0. The van der Waals surface area contributed by atoms with Gasteiger partial charge in [0.2, 0.25) is 0 Å². The Balaban J connectivity index is 4.75. The number of carbonyl (C=O) groups excluding carboxylic acids is 1. The molecule has 0 atom stereocenters. The van der Waals surface area contributed by atoms with Crippen molar-refractivity contribution in [2.45, 2.75) is 58.7 Å². The molecule has 0 N–H and O–H groups in total. The Hall–Kier alpha value is -0.313. The second kappa shape index (κ2) is 4.79. The molecule has 3 heteroatoms. The van der Waals surface area contributed by atoms with Gasteiger partial charge in [0.15, 0.2) is 0 Å². The highest BCUT2D eigenvalue weighted by molar-refractivity contribution is 6.77. The first-order valence-corrected chi connectivity index (χ1v) is 7.33. The molecule has 0 heterocycles. The van der Waals surface area contributed by atoms with E-state index in [1.165, 1.54) is 6.92 Å². The van der Waals surface area contributed by atoms with Gasteiger partial charge in [0.05, 0.1) is 0 Å². The summed E-state index contributed by atoms with van der Waals surface area (Å²) in [5.41, 5.74) is 1.00. The molecule has 0 aromatic rings. The largest absolute Gasteiger partial charge is 0.519 e. The molecule has 0 aromatic carbocycles. The third-order valence-corrected chi connectivity index (χ3v) is 8.52. The Kier molecular flexibility index (Phi) is 4.68. The molecule has 0 rings (SSSR count). The van der Waals surface area contributed by atoms with Crippen LogP contribution in [-0.4, -0.2) is 14.3 Å². The molecular weight excluding hydrogens is 180 g/mol. The lowest BCUT2D eigenvalue weighted by molar-refractivity contribution is -0.133. The van der Waals surface area contributed by atoms with E-state index in [1.807, 2.05) is 0 Å². The van der Waals surface area contributed by atoms with Crippen molar-refractivity contribution in [3.8, 4) is 0 Å². The van der Waals surface area contributed by atoms with Crippen LogP contribution in [0.15, 0.2) is 0 Å². The smallest absolute Gasteiger partial charge is 0.289 e. The first kappa shape index (κ1) is 12.7. The van der Waals surface area contributed by atoms with Crippen LogP contribution in [0.3, 0.4) is 0 Å². The van der Waals surface area contributed by atoms with E-state index in [0.717, 1.165) is 6.04 Å². The predicted molar refractivity (Wildman–Crippen MR) is 58.2 cm³/mol. The lowest BCUT2D eigenvalue weighted by Crippen LogP contribution is -2.45. The van der Waals surface area contributed by atoms with Crippen molar-refractivity contribution in [2.75, 3.05) is 0 Å². The van der Waals surface area contributed by atoms with Crippen LogP contribution in [0.5, 0.6) is 0 Å². The Morgan fingerprint density at radius 3 is 1.69 bits per heavy atom. The molecule has 0 bridgehead atoms. The minimum atomic E-state index is -1.84. The van der Waals surface area contributed by atoms with E-state index in [1.54, 1.807) is 0 Å². The standard InChI is InChI=1S/C10H22O2Si/c1-7-13(8(2)3,9(4)5)12-10(6)11/h8-9H,7H2,1-6H3. The molecule has 0 fully saturated rings. The van der Waals surface area contributed by atoms with E-state index in [-0.39, 0.29) is 5.97 Å². The van der Waals surface area contributed by atoms with Crippen LogP contribution < -0.4 is 0 Å². The van der Waals surface area contributed by atoms with E-state index in [2.05, 4.69) is 34.6 Å². The fraction of sp³-hybridized carbons (Fsp3) is 0.900. The van der Waals surface area contributed by atoms with Gasteiger partial charge in [-0.05, 0) is 17.1 Å². The van der Waals surface area contributed by atoms with Gasteiger partial charge in [0.25, 0.3) is 14.3 Å². The third kappa shape index (κ3) is 2.83. The summed E-state index contributed by atoms with van der Waals surface area (Å²) in [6, 6.07) is 1.02. The lowest BCUT2D eigenvalue weighted by atomic mass is 10.5. The summed E-state index contributed by atoms with van der Waals surface area (Å²) >= 11 is 0. The number of hydrogen-bond donors (Lipinski definition) is 0. The first-order chi connectivity index (χ1) is 5.86. The maximum atomic E-state index is 11.0. The summed E-state index contributed by atoms with van der Waals surface area (Å²) in [6.45, 7) is 12.3. The third-order valence-electron chi connectivity index (χ3n) is 2.84. The molecule has 2 nitrogen and oxygen atoms in total. The maximum absolute atomic E-state index is 11.0. The molecule has 0 aliphatic heterocycles. The van der Waals surface area contributed by atoms with Gasteiger partial charge in [0, 0.05) is 6.92 Å². The highest BCUT2D eigenvalue weighted by atomic mass is 28.4. The minimum absolute atomic E-state index is 0.115. The Labute approximate surface area is 82.8 Å². The fourth-order valence-corrected chi connectivity index (χ4v) is 6.18. The van der Waals surface area contributed by atoms with Crippen molar-refractivity contribution in [3.05, 3.63) is 0 Å². The number of carbonyl (C=O) groups is 1. The van der Waals surface area contributed by atoms with Crippen molar-refractivity contribution in [1.82, 2.24) is 0 Å². The zero-order chi connectivity index (χ0) is 10.6. The predicted octanol–water partition coefficient (Wildman–Crippen LogP) is 3.33. The van der Waals surface area contributed by atoms with Crippen LogP contribution in [-0.2, 0) is 9.22 Å². The zero-order valence-electron chi connectivity index (χ0n) is 9.68. The van der Waals surface area contributed by atoms with Crippen LogP contribution in [0.2, 0.25) is 17.1 Å². The molecule has 13 heavy (non-hydrogen) atoms. The molecule has 0 unspecified atom stereocenters. The highest BCUT2D eigenvalue weighted by Crippen LogP contribution is 2.36. The van der Waals surface area contributed by atoms with Gasteiger partial charge < -0.3 is 4.43 Å². The van der Waals surface area contributed by atoms with Crippen molar-refractivity contribution in [1.29, 1.82) is 0 Å². The SMILES string of the molecule is CC[Si](OC(C)=O)(C(C)C)C(C)C. The van der Waals surface area contributed by atoms with Gasteiger partial charge in [-0.2, -0.15) is 0 Å². The fourth-order valence-electron chi connectivity index (χ4n) is 2.06. The Morgan fingerprint density at radius 2 is 1.62 bits per heavy atom. The summed E-state index contributed by atoms with van der Waals surface area (Å²) in [5, 5.41) is 0. The molecule has 0 aliphatic rings. The average molecular weight is 202 g/mol. The minimum Gasteiger partial charge on any atom is -0.519 e. The van der Waals surface area contributed by atoms with Crippen molar-refractivity contribution in [2.24, 2.45) is 0 Å². The normalized spacial score (nSPS) is 12.3. The second-order valence-corrected chi connectivity index (χ2v) is 9.34. The van der Waals surface area contributed by atoms with E-state index >= 15 is 0 Å². The first-order valence-electron chi connectivity index (χ1n) is 5.06. The van der Waals surface area contributed by atoms with Crippen LogP contribution in [0.1, 0.15) is 41.5 Å². The van der Waals surface area contributed by atoms with E-state index in [4.69, 9.17) is 4.43 Å². The van der Waals surface area contributed by atoms with Gasteiger partial charge in [-0.3, -0.25) is 4.79 Å². The van der Waals surface area contributed by atoms with Crippen molar-refractivity contribution >= 4 is 14.3 Å². The monoisotopic (exact) mass is 202 g/mol. The van der Waals surface area contributed by atoms with E-state index in [9.17, 15) is 4.79 Å². The average Bonchev–Trinajstić information content (AvgIpc) is 1.98. The van der Waals surface area contributed by atoms with E-state index < -0.39 is 8.32 Å². The van der Waals surface area contributed by atoms with Crippen molar-refractivity contribution in [3.63, 3.8) is 0 Å². The van der Waals surface area contributed by atoms with E-state index in [0.29, 0.717) is 11.1 Å². The van der Waals surface area contributed by atoms with Crippen LogP contribution in [0, 0.1) is 0 Å². The summed E-state index contributed by atoms with van der Waals surface area (Å²) in [7, 11) is -1.84. The van der Waals surface area contributed by atoms with Crippen LogP contribution in [0.25, 0.3) is 0 Å². The molecule has 0 radical (unpaired) electrons. The molecule has 78 valence electrons. The van der Waals surface area contributed by atoms with Crippen molar-refractivity contribution < 1.29 is 9.22 Å². The van der Waals surface area contributed by atoms with Gasteiger partial charge in [-0.15, -0.1) is 0 Å². The Morgan fingerprint density at radius 1 is 1.23 bits per heavy atom. The Bertz CT molecular complexity index is 168. The molecular formula is C10H22O2Si. The summed E-state index contributed by atoms with van der Waals surface area (Å²) in [5.74, 6) is -0.115. The van der Waals surface area contributed by atoms with Gasteiger partial charge in [0.1, 0.15) is 0 Å².